The van der Waals surface area contributed by atoms with Gasteiger partial charge in [-0.05, 0) is 56.7 Å². The number of halogens is 1. The number of benzene rings is 1. The smallest absolute Gasteiger partial charge is 0.235 e. The van der Waals surface area contributed by atoms with Crippen LogP contribution in [0.4, 0.5) is 10.2 Å². The quantitative estimate of drug-likeness (QED) is 0.363. The Morgan fingerprint density at radius 2 is 1.97 bits per heavy atom. The molecule has 1 aromatic carbocycles. The van der Waals surface area contributed by atoms with Crippen LogP contribution in [0.5, 0.6) is 0 Å². The van der Waals surface area contributed by atoms with E-state index in [1.807, 2.05) is 6.07 Å². The van der Waals surface area contributed by atoms with Gasteiger partial charge in [-0.25, -0.2) is 24.0 Å². The Morgan fingerprint density at radius 1 is 1.19 bits per heavy atom. The maximum absolute atomic E-state index is 14.4. The minimum absolute atomic E-state index is 0.0999. The van der Waals surface area contributed by atoms with Crippen LogP contribution in [0.1, 0.15) is 61.6 Å². The maximum Gasteiger partial charge on any atom is 0.235 e. The molecule has 0 spiro atoms. The highest BCUT2D eigenvalue weighted by Gasteiger charge is 2.44. The van der Waals surface area contributed by atoms with E-state index in [1.54, 1.807) is 49.0 Å². The van der Waals surface area contributed by atoms with Gasteiger partial charge < -0.3 is 5.32 Å². The van der Waals surface area contributed by atoms with Crippen molar-refractivity contribution < 1.29 is 14.0 Å². The third kappa shape index (κ3) is 3.98. The van der Waals surface area contributed by atoms with Gasteiger partial charge in [-0.2, -0.15) is 5.10 Å². The Kier molecular flexibility index (Phi) is 5.40. The first-order valence-electron chi connectivity index (χ1n) is 12.6. The number of hydrogen-bond donors (Lipinski definition) is 1. The summed E-state index contributed by atoms with van der Waals surface area (Å²) in [5, 5.41) is 8.23. The van der Waals surface area contributed by atoms with E-state index in [4.69, 9.17) is 10.1 Å². The Hall–Kier alpha value is -4.01. The third-order valence-corrected chi connectivity index (χ3v) is 7.53. The van der Waals surface area contributed by atoms with Crippen LogP contribution < -0.4 is 5.32 Å². The Bertz CT molecular complexity index is 1570. The average molecular weight is 499 g/mol. The van der Waals surface area contributed by atoms with Crippen LogP contribution in [-0.4, -0.2) is 36.4 Å². The van der Waals surface area contributed by atoms with Gasteiger partial charge in [-0.3, -0.25) is 9.59 Å². The summed E-state index contributed by atoms with van der Waals surface area (Å²) in [6.07, 6.45) is 4.30. The fourth-order valence-electron chi connectivity index (χ4n) is 5.12. The number of aromatic nitrogens is 5. The van der Waals surface area contributed by atoms with Crippen LogP contribution in [0.15, 0.2) is 42.6 Å². The van der Waals surface area contributed by atoms with E-state index in [0.29, 0.717) is 46.0 Å². The highest BCUT2D eigenvalue weighted by Crippen LogP contribution is 2.42. The highest BCUT2D eigenvalue weighted by molar-refractivity contribution is 6.09. The first kappa shape index (κ1) is 23.4. The van der Waals surface area contributed by atoms with Crippen molar-refractivity contribution in [3.8, 4) is 11.5 Å². The van der Waals surface area contributed by atoms with E-state index in [9.17, 15) is 14.0 Å². The Balaban J connectivity index is 1.49. The number of ketones is 1. The second-order valence-electron chi connectivity index (χ2n) is 10.6. The van der Waals surface area contributed by atoms with Gasteiger partial charge in [0.25, 0.3) is 0 Å². The van der Waals surface area contributed by atoms with Crippen molar-refractivity contribution in [3.63, 3.8) is 0 Å². The van der Waals surface area contributed by atoms with Gasteiger partial charge in [0, 0.05) is 23.7 Å². The molecule has 0 saturated heterocycles. The summed E-state index contributed by atoms with van der Waals surface area (Å²) in [6.45, 7) is 5.82. The van der Waals surface area contributed by atoms with Crippen LogP contribution in [0.3, 0.4) is 0 Å². The zero-order valence-electron chi connectivity index (χ0n) is 21.0. The van der Waals surface area contributed by atoms with E-state index in [-0.39, 0.29) is 41.5 Å². The number of nitrogens with zero attached hydrogens (tertiary/aromatic N) is 5. The summed E-state index contributed by atoms with van der Waals surface area (Å²) in [6, 6.07) is 10.1. The van der Waals surface area contributed by atoms with Gasteiger partial charge in [0.2, 0.25) is 5.91 Å². The number of hydrogen-bond acceptors (Lipinski definition) is 6. The molecular formula is C28H27FN6O2. The summed E-state index contributed by atoms with van der Waals surface area (Å²) in [7, 11) is 0. The number of amides is 1. The van der Waals surface area contributed by atoms with Crippen molar-refractivity contribution in [1.29, 1.82) is 0 Å². The van der Waals surface area contributed by atoms with Crippen molar-refractivity contribution in [2.75, 3.05) is 5.32 Å². The van der Waals surface area contributed by atoms with Crippen LogP contribution >= 0.6 is 0 Å². The molecule has 9 heteroatoms. The monoisotopic (exact) mass is 498 g/mol. The van der Waals surface area contributed by atoms with Crippen LogP contribution in [0, 0.1) is 17.7 Å². The Labute approximate surface area is 213 Å². The molecule has 188 valence electrons. The zero-order valence-corrected chi connectivity index (χ0v) is 21.0. The zero-order chi connectivity index (χ0) is 25.9. The molecule has 1 saturated carbocycles. The molecule has 1 aliphatic heterocycles. The minimum Gasteiger partial charge on any atom is -0.310 e. The summed E-state index contributed by atoms with van der Waals surface area (Å²) >= 11 is 0. The fourth-order valence-corrected chi connectivity index (χ4v) is 5.12. The summed E-state index contributed by atoms with van der Waals surface area (Å²) in [5.74, 6) is 0.717. The third-order valence-electron chi connectivity index (χ3n) is 7.53. The van der Waals surface area contributed by atoms with Crippen LogP contribution in [-0.2, 0) is 16.8 Å². The number of nitrogens with one attached hydrogen (secondary N) is 1. The molecule has 1 atom stereocenters. The second kappa shape index (κ2) is 8.54. The predicted molar refractivity (Wildman–Crippen MR) is 137 cm³/mol. The lowest BCUT2D eigenvalue weighted by molar-refractivity contribution is -0.119. The fraction of sp³-hybridized carbons (Fsp3) is 0.357. The molecule has 1 unspecified atom stereocenters. The van der Waals surface area contributed by atoms with Crippen LogP contribution in [0.25, 0.3) is 22.6 Å². The SMILES string of the molecule is CC(CC(=O)c1nc(-c2nn(Cc3ccccc3F)c3ncccc23)nc2c1C(C)(C)C(=O)N2)C1CC1. The van der Waals surface area contributed by atoms with Gasteiger partial charge in [-0.15, -0.1) is 0 Å². The van der Waals surface area contributed by atoms with Gasteiger partial charge >= 0.3 is 0 Å². The lowest BCUT2D eigenvalue weighted by Gasteiger charge is -2.18. The van der Waals surface area contributed by atoms with Crippen molar-refractivity contribution in [2.24, 2.45) is 11.8 Å². The lowest BCUT2D eigenvalue weighted by atomic mass is 9.83. The van der Waals surface area contributed by atoms with E-state index < -0.39 is 5.41 Å². The Morgan fingerprint density at radius 3 is 2.73 bits per heavy atom. The summed E-state index contributed by atoms with van der Waals surface area (Å²) < 4.78 is 16.0. The molecule has 8 nitrogen and oxygen atoms in total. The van der Waals surface area contributed by atoms with Crippen molar-refractivity contribution in [2.45, 2.75) is 52.0 Å². The number of anilines is 1. The van der Waals surface area contributed by atoms with E-state index in [1.165, 1.54) is 6.07 Å². The number of carbonyl (C=O) groups is 2. The molecule has 0 bridgehead atoms. The normalized spacial score (nSPS) is 17.0. The van der Waals surface area contributed by atoms with Gasteiger partial charge in [0.15, 0.2) is 17.3 Å². The molecule has 2 aliphatic rings. The second-order valence-corrected chi connectivity index (χ2v) is 10.6. The van der Waals surface area contributed by atoms with Crippen molar-refractivity contribution >= 4 is 28.5 Å². The van der Waals surface area contributed by atoms with E-state index in [0.717, 1.165) is 12.8 Å². The summed E-state index contributed by atoms with van der Waals surface area (Å²) in [4.78, 5) is 40.2. The molecule has 1 N–H and O–H groups in total. The minimum atomic E-state index is -0.935. The number of carbonyl (C=O) groups excluding carboxylic acids is 2. The number of fused-ring (bicyclic) bond motifs is 2. The topological polar surface area (TPSA) is 103 Å². The van der Waals surface area contributed by atoms with E-state index in [2.05, 4.69) is 22.2 Å². The maximum atomic E-state index is 14.4. The number of rotatable bonds is 7. The summed E-state index contributed by atoms with van der Waals surface area (Å²) in [5.41, 5.74) is 1.29. The molecule has 4 heterocycles. The lowest BCUT2D eigenvalue weighted by Crippen LogP contribution is -2.29. The molecular weight excluding hydrogens is 471 g/mol. The predicted octanol–water partition coefficient (Wildman–Crippen LogP) is 4.92. The standard InChI is InChI=1S/C28H27FN6O2/c1-15(16-10-11-16)13-20(36)23-21-24(33-27(37)28(21,2)3)32-25(31-23)22-18-8-6-12-30-26(18)35(34-22)14-17-7-4-5-9-19(17)29/h4-9,12,15-16H,10-11,13-14H2,1-3H3,(H,31,32,33,37). The first-order valence-corrected chi connectivity index (χ1v) is 12.6. The first-order chi connectivity index (χ1) is 17.7. The van der Waals surface area contributed by atoms with Crippen molar-refractivity contribution in [3.05, 3.63) is 65.2 Å². The molecule has 6 rings (SSSR count). The molecule has 1 fully saturated rings. The number of Topliss-reactive ketones (excluding diaryl/α,β-unsaturated/α-hetero) is 1. The van der Waals surface area contributed by atoms with Gasteiger partial charge in [0.05, 0.1) is 17.3 Å². The molecule has 0 radical (unpaired) electrons. The number of pyridine rings is 1. The largest absolute Gasteiger partial charge is 0.310 e. The molecule has 3 aromatic heterocycles. The van der Waals surface area contributed by atoms with Gasteiger partial charge in [0.1, 0.15) is 23.0 Å². The van der Waals surface area contributed by atoms with Crippen LogP contribution in [0.2, 0.25) is 0 Å². The highest BCUT2D eigenvalue weighted by atomic mass is 19.1. The van der Waals surface area contributed by atoms with Gasteiger partial charge in [-0.1, -0.05) is 25.1 Å². The molecule has 37 heavy (non-hydrogen) atoms. The molecule has 1 aliphatic carbocycles. The molecule has 1 amide bonds. The van der Waals surface area contributed by atoms with Crippen molar-refractivity contribution in [1.82, 2.24) is 24.7 Å². The molecule has 4 aromatic rings. The van der Waals surface area contributed by atoms with E-state index >= 15 is 0 Å². The average Bonchev–Trinajstić information content (AvgIpc) is 3.63.